The first-order chi connectivity index (χ1) is 8.72. The number of hydrogen-bond acceptors (Lipinski definition) is 2. The minimum absolute atomic E-state index is 0.509. The zero-order valence-electron chi connectivity index (χ0n) is 11.2. The summed E-state index contributed by atoms with van der Waals surface area (Å²) in [4.78, 5) is 4.40. The monoisotopic (exact) mass is 241 g/mol. The van der Waals surface area contributed by atoms with Gasteiger partial charge in [-0.3, -0.25) is 0 Å². The lowest BCUT2D eigenvalue weighted by atomic mass is 10.0. The van der Waals surface area contributed by atoms with Gasteiger partial charge >= 0.3 is 0 Å². The summed E-state index contributed by atoms with van der Waals surface area (Å²) in [7, 11) is 4.13. The quantitative estimate of drug-likeness (QED) is 0.876. The van der Waals surface area contributed by atoms with Crippen molar-refractivity contribution in [3.8, 4) is 11.3 Å². The number of fused-ring (bicyclic) bond motifs is 1. The van der Waals surface area contributed by atoms with Crippen molar-refractivity contribution in [2.45, 2.75) is 25.8 Å². The van der Waals surface area contributed by atoms with Crippen LogP contribution in [-0.4, -0.2) is 16.6 Å². The first-order valence-corrected chi connectivity index (χ1v) is 6.50. The van der Waals surface area contributed by atoms with Crippen LogP contribution in [0.25, 0.3) is 11.3 Å². The van der Waals surface area contributed by atoms with Crippen molar-refractivity contribution in [3.63, 3.8) is 0 Å². The second-order valence-electron chi connectivity index (χ2n) is 5.00. The van der Waals surface area contributed by atoms with Crippen LogP contribution in [0.3, 0.4) is 0 Å². The highest BCUT2D eigenvalue weighted by Gasteiger charge is 2.24. The van der Waals surface area contributed by atoms with Gasteiger partial charge in [0, 0.05) is 18.7 Å². The van der Waals surface area contributed by atoms with Crippen molar-refractivity contribution in [1.29, 1.82) is 0 Å². The SMILES string of the molecule is CNC1CCc2c(-c3cnc(C)n3C)cccc21. The van der Waals surface area contributed by atoms with Gasteiger partial charge in [-0.2, -0.15) is 0 Å². The van der Waals surface area contributed by atoms with Crippen LogP contribution >= 0.6 is 0 Å². The maximum absolute atomic E-state index is 4.40. The fourth-order valence-electron chi connectivity index (χ4n) is 2.95. The van der Waals surface area contributed by atoms with Gasteiger partial charge < -0.3 is 9.88 Å². The van der Waals surface area contributed by atoms with E-state index in [1.54, 1.807) is 0 Å². The van der Waals surface area contributed by atoms with E-state index < -0.39 is 0 Å². The lowest BCUT2D eigenvalue weighted by molar-refractivity contribution is 0.590. The highest BCUT2D eigenvalue weighted by Crippen LogP contribution is 2.37. The van der Waals surface area contributed by atoms with Gasteiger partial charge in [0.05, 0.1) is 11.9 Å². The van der Waals surface area contributed by atoms with Crippen LogP contribution in [0.5, 0.6) is 0 Å². The summed E-state index contributed by atoms with van der Waals surface area (Å²) in [6, 6.07) is 7.13. The Morgan fingerprint density at radius 1 is 1.39 bits per heavy atom. The first kappa shape index (κ1) is 11.5. The highest BCUT2D eigenvalue weighted by molar-refractivity contribution is 5.67. The third-order valence-electron chi connectivity index (χ3n) is 4.12. The molecule has 0 bridgehead atoms. The van der Waals surface area contributed by atoms with E-state index in [-0.39, 0.29) is 0 Å². The van der Waals surface area contributed by atoms with Crippen LogP contribution in [0.1, 0.15) is 29.4 Å². The molecule has 2 aromatic rings. The minimum Gasteiger partial charge on any atom is -0.331 e. The molecular weight excluding hydrogens is 222 g/mol. The van der Waals surface area contributed by atoms with Crippen molar-refractivity contribution < 1.29 is 0 Å². The molecule has 1 unspecified atom stereocenters. The van der Waals surface area contributed by atoms with Gasteiger partial charge in [-0.25, -0.2) is 4.98 Å². The van der Waals surface area contributed by atoms with Crippen LogP contribution in [0.15, 0.2) is 24.4 Å². The van der Waals surface area contributed by atoms with Crippen molar-refractivity contribution >= 4 is 0 Å². The average molecular weight is 241 g/mol. The normalized spacial score (nSPS) is 18.1. The summed E-state index contributed by atoms with van der Waals surface area (Å²) >= 11 is 0. The predicted octanol–water partition coefficient (Wildman–Crippen LogP) is 2.60. The molecule has 1 aliphatic carbocycles. The largest absolute Gasteiger partial charge is 0.331 e. The maximum atomic E-state index is 4.40. The molecule has 1 aliphatic rings. The van der Waals surface area contributed by atoms with E-state index in [0.717, 1.165) is 12.2 Å². The van der Waals surface area contributed by atoms with E-state index in [4.69, 9.17) is 0 Å². The summed E-state index contributed by atoms with van der Waals surface area (Å²) in [6.45, 7) is 2.04. The second-order valence-corrected chi connectivity index (χ2v) is 5.00. The molecule has 0 saturated heterocycles. The Hall–Kier alpha value is -1.61. The molecule has 0 amide bonds. The van der Waals surface area contributed by atoms with Gasteiger partial charge in [-0.15, -0.1) is 0 Å². The molecule has 3 heteroatoms. The Labute approximate surface area is 108 Å². The van der Waals surface area contributed by atoms with Crippen LogP contribution in [0, 0.1) is 6.92 Å². The van der Waals surface area contributed by atoms with Gasteiger partial charge in [0.2, 0.25) is 0 Å². The van der Waals surface area contributed by atoms with Gasteiger partial charge in [0.1, 0.15) is 5.82 Å². The number of nitrogens with one attached hydrogen (secondary N) is 1. The van der Waals surface area contributed by atoms with Gasteiger partial charge in [0.15, 0.2) is 0 Å². The third-order valence-corrected chi connectivity index (χ3v) is 4.12. The van der Waals surface area contributed by atoms with E-state index in [1.807, 2.05) is 20.2 Å². The fraction of sp³-hybridized carbons (Fsp3) is 0.400. The molecule has 1 aromatic carbocycles. The molecule has 1 heterocycles. The van der Waals surface area contributed by atoms with E-state index in [0.29, 0.717) is 6.04 Å². The minimum atomic E-state index is 0.509. The molecule has 3 rings (SSSR count). The number of rotatable bonds is 2. The highest BCUT2D eigenvalue weighted by atomic mass is 15.0. The number of imidazole rings is 1. The third kappa shape index (κ3) is 1.58. The van der Waals surface area contributed by atoms with E-state index >= 15 is 0 Å². The molecule has 1 N–H and O–H groups in total. The zero-order chi connectivity index (χ0) is 12.7. The predicted molar refractivity (Wildman–Crippen MR) is 73.5 cm³/mol. The molecule has 18 heavy (non-hydrogen) atoms. The van der Waals surface area contributed by atoms with Crippen molar-refractivity contribution in [2.24, 2.45) is 7.05 Å². The smallest absolute Gasteiger partial charge is 0.105 e. The topological polar surface area (TPSA) is 29.9 Å². The van der Waals surface area contributed by atoms with E-state index in [1.165, 1.54) is 28.8 Å². The van der Waals surface area contributed by atoms with Gasteiger partial charge in [-0.05, 0) is 37.9 Å². The Morgan fingerprint density at radius 3 is 2.89 bits per heavy atom. The molecule has 3 nitrogen and oxygen atoms in total. The Balaban J connectivity index is 2.15. The fourth-order valence-corrected chi connectivity index (χ4v) is 2.95. The number of nitrogens with zero attached hydrogens (tertiary/aromatic N) is 2. The molecule has 0 fully saturated rings. The standard InChI is InChI=1S/C15H19N3/c1-10-17-9-15(18(10)3)13-6-4-5-12-11(13)7-8-14(12)16-2/h4-6,9,14,16H,7-8H2,1-3H3. The molecule has 0 saturated carbocycles. The number of hydrogen-bond donors (Lipinski definition) is 1. The van der Waals surface area contributed by atoms with Crippen LogP contribution in [0.2, 0.25) is 0 Å². The molecule has 0 aliphatic heterocycles. The Kier molecular flexibility index (Phi) is 2.71. The van der Waals surface area contributed by atoms with Crippen LogP contribution in [-0.2, 0) is 13.5 Å². The lowest BCUT2D eigenvalue weighted by Gasteiger charge is -2.12. The van der Waals surface area contributed by atoms with Crippen molar-refractivity contribution in [3.05, 3.63) is 41.3 Å². The molecular formula is C15H19N3. The summed E-state index contributed by atoms with van der Waals surface area (Å²) in [5.41, 5.74) is 5.50. The van der Waals surface area contributed by atoms with Crippen molar-refractivity contribution in [2.75, 3.05) is 7.05 Å². The summed E-state index contributed by atoms with van der Waals surface area (Å²) in [6.07, 6.45) is 4.33. The molecule has 94 valence electrons. The number of aromatic nitrogens is 2. The van der Waals surface area contributed by atoms with Gasteiger partial charge in [0.25, 0.3) is 0 Å². The number of aryl methyl sites for hydroxylation is 1. The molecule has 0 spiro atoms. The van der Waals surface area contributed by atoms with Crippen LogP contribution < -0.4 is 5.32 Å². The molecule has 1 atom stereocenters. The molecule has 0 radical (unpaired) electrons. The van der Waals surface area contributed by atoms with E-state index in [9.17, 15) is 0 Å². The summed E-state index contributed by atoms with van der Waals surface area (Å²) in [5, 5.41) is 3.40. The average Bonchev–Trinajstić information content (AvgIpc) is 2.94. The maximum Gasteiger partial charge on any atom is 0.105 e. The van der Waals surface area contributed by atoms with Gasteiger partial charge in [-0.1, -0.05) is 18.2 Å². The summed E-state index contributed by atoms with van der Waals surface area (Å²) < 4.78 is 2.17. The summed E-state index contributed by atoms with van der Waals surface area (Å²) in [5.74, 6) is 1.06. The lowest BCUT2D eigenvalue weighted by Crippen LogP contribution is -2.12. The first-order valence-electron chi connectivity index (χ1n) is 6.50. The number of benzene rings is 1. The van der Waals surface area contributed by atoms with E-state index in [2.05, 4.69) is 40.1 Å². The Bertz CT molecular complexity index is 583. The molecule has 1 aromatic heterocycles. The van der Waals surface area contributed by atoms with Crippen molar-refractivity contribution in [1.82, 2.24) is 14.9 Å². The Morgan fingerprint density at radius 2 is 2.22 bits per heavy atom. The second kappa shape index (κ2) is 4.25. The zero-order valence-corrected chi connectivity index (χ0v) is 11.2. The van der Waals surface area contributed by atoms with Crippen LogP contribution in [0.4, 0.5) is 0 Å².